The molecule has 0 radical (unpaired) electrons. The number of primary amides is 1. The third-order valence-corrected chi connectivity index (χ3v) is 5.24. The average molecular weight is 444 g/mol. The molecule has 32 heavy (non-hydrogen) atoms. The molecule has 168 valence electrons. The monoisotopic (exact) mass is 444 g/mol. The van der Waals surface area contributed by atoms with Crippen molar-refractivity contribution in [1.29, 1.82) is 0 Å². The van der Waals surface area contributed by atoms with E-state index < -0.39 is 35.4 Å². The Morgan fingerprint density at radius 2 is 2.06 bits per heavy atom. The number of hydrogen-bond donors (Lipinski definition) is 2. The van der Waals surface area contributed by atoms with Crippen LogP contribution in [0.2, 0.25) is 0 Å². The molecule has 0 saturated carbocycles. The van der Waals surface area contributed by atoms with E-state index in [1.165, 1.54) is 23.2 Å². The number of alkyl halides is 2. The maximum atomic E-state index is 14.4. The van der Waals surface area contributed by atoms with Gasteiger partial charge in [-0.2, -0.15) is 8.78 Å². The van der Waals surface area contributed by atoms with Crippen molar-refractivity contribution in [3.63, 3.8) is 0 Å². The van der Waals surface area contributed by atoms with Crippen LogP contribution in [0, 0.1) is 6.92 Å². The third-order valence-electron chi connectivity index (χ3n) is 5.24. The predicted molar refractivity (Wildman–Crippen MR) is 109 cm³/mol. The number of carbonyl (C=O) groups excluding carboxylic acids is 4. The maximum absolute atomic E-state index is 14.4. The van der Waals surface area contributed by atoms with Gasteiger partial charge in [0.2, 0.25) is 5.91 Å². The summed E-state index contributed by atoms with van der Waals surface area (Å²) in [5.41, 5.74) is 6.74. The Kier molecular flexibility index (Phi) is 6.61. The SMILES string of the molecule is Cc1ccnc(C(F)(F)C(=O)NCc2ccc3c(c2)CN(C(CCC=O)C(N)=O)C3=O)c1. The highest BCUT2D eigenvalue weighted by Gasteiger charge is 2.42. The molecule has 0 aliphatic carbocycles. The zero-order chi connectivity index (χ0) is 23.5. The summed E-state index contributed by atoms with van der Waals surface area (Å²) in [5, 5.41) is 2.20. The normalized spacial score (nSPS) is 14.1. The van der Waals surface area contributed by atoms with E-state index in [-0.39, 0.29) is 25.9 Å². The van der Waals surface area contributed by atoms with E-state index in [0.717, 1.165) is 6.07 Å². The number of fused-ring (bicyclic) bond motifs is 1. The van der Waals surface area contributed by atoms with Crippen LogP contribution in [0.3, 0.4) is 0 Å². The fraction of sp³-hybridized carbons (Fsp3) is 0.318. The van der Waals surface area contributed by atoms with Crippen LogP contribution >= 0.6 is 0 Å². The standard InChI is InChI=1S/C22H22F2N4O4/c1-13-6-7-26-18(9-13)22(23,24)21(32)27-11-14-4-5-16-15(10-14)12-28(20(16)31)17(19(25)30)3-2-8-29/h4-10,17H,2-3,11-12H2,1H3,(H2,25,30)(H,27,32). The van der Waals surface area contributed by atoms with Gasteiger partial charge in [-0.05, 0) is 48.2 Å². The number of benzene rings is 1. The number of aromatic nitrogens is 1. The van der Waals surface area contributed by atoms with Crippen molar-refractivity contribution < 1.29 is 28.0 Å². The van der Waals surface area contributed by atoms with E-state index in [1.807, 2.05) is 0 Å². The fourth-order valence-corrected chi connectivity index (χ4v) is 3.55. The summed E-state index contributed by atoms with van der Waals surface area (Å²) in [4.78, 5) is 52.0. The average Bonchev–Trinajstić information content (AvgIpc) is 3.07. The number of halogens is 2. The number of carbonyl (C=O) groups is 4. The van der Waals surface area contributed by atoms with Crippen molar-refractivity contribution in [2.24, 2.45) is 5.73 Å². The molecule has 3 N–H and O–H groups in total. The Bertz CT molecular complexity index is 1070. The summed E-state index contributed by atoms with van der Waals surface area (Å²) in [6.07, 6.45) is 2.05. The number of pyridine rings is 1. The Morgan fingerprint density at radius 1 is 1.31 bits per heavy atom. The molecular formula is C22H22F2N4O4. The minimum Gasteiger partial charge on any atom is -0.368 e. The zero-order valence-corrected chi connectivity index (χ0v) is 17.3. The van der Waals surface area contributed by atoms with E-state index >= 15 is 0 Å². The van der Waals surface area contributed by atoms with Gasteiger partial charge in [-0.3, -0.25) is 19.4 Å². The molecule has 2 aromatic rings. The highest BCUT2D eigenvalue weighted by Crippen LogP contribution is 2.29. The third kappa shape index (κ3) is 4.63. The summed E-state index contributed by atoms with van der Waals surface area (Å²) in [6.45, 7) is 1.52. The lowest BCUT2D eigenvalue weighted by molar-refractivity contribution is -0.147. The van der Waals surface area contributed by atoms with Crippen molar-refractivity contribution in [3.8, 4) is 0 Å². The molecule has 1 aliphatic rings. The Morgan fingerprint density at radius 3 is 2.72 bits per heavy atom. The second-order valence-corrected chi connectivity index (χ2v) is 7.56. The Labute approximate surface area is 182 Å². The van der Waals surface area contributed by atoms with Crippen molar-refractivity contribution in [2.75, 3.05) is 0 Å². The number of aryl methyl sites for hydroxylation is 1. The second kappa shape index (κ2) is 9.21. The van der Waals surface area contributed by atoms with E-state index in [1.54, 1.807) is 19.1 Å². The minimum absolute atomic E-state index is 0.0784. The molecule has 3 rings (SSSR count). The molecule has 10 heteroatoms. The van der Waals surface area contributed by atoms with Gasteiger partial charge in [0, 0.05) is 31.3 Å². The fourth-order valence-electron chi connectivity index (χ4n) is 3.55. The second-order valence-electron chi connectivity index (χ2n) is 7.56. The largest absolute Gasteiger partial charge is 0.368 e. The number of rotatable bonds is 9. The van der Waals surface area contributed by atoms with Crippen LogP contribution in [0.25, 0.3) is 0 Å². The molecule has 0 spiro atoms. The first kappa shape index (κ1) is 23.0. The number of nitrogens with zero attached hydrogens (tertiary/aromatic N) is 2. The lowest BCUT2D eigenvalue weighted by atomic mass is 10.1. The minimum atomic E-state index is -3.80. The summed E-state index contributed by atoms with van der Waals surface area (Å²) in [7, 11) is 0. The van der Waals surface area contributed by atoms with Gasteiger partial charge in [-0.1, -0.05) is 12.1 Å². The van der Waals surface area contributed by atoms with Gasteiger partial charge in [-0.25, -0.2) is 0 Å². The molecule has 2 heterocycles. The van der Waals surface area contributed by atoms with Crippen LogP contribution in [0.4, 0.5) is 8.78 Å². The summed E-state index contributed by atoms with van der Waals surface area (Å²) in [6, 6.07) is 6.42. The molecule has 1 atom stereocenters. The van der Waals surface area contributed by atoms with Crippen LogP contribution in [0.5, 0.6) is 0 Å². The van der Waals surface area contributed by atoms with Gasteiger partial charge in [0.25, 0.3) is 11.8 Å². The van der Waals surface area contributed by atoms with Crippen LogP contribution < -0.4 is 11.1 Å². The first-order valence-corrected chi connectivity index (χ1v) is 9.90. The number of nitrogens with one attached hydrogen (secondary N) is 1. The van der Waals surface area contributed by atoms with Crippen molar-refractivity contribution in [2.45, 2.75) is 44.8 Å². The molecule has 1 aromatic heterocycles. The van der Waals surface area contributed by atoms with E-state index in [4.69, 9.17) is 5.73 Å². The molecule has 1 unspecified atom stereocenters. The molecule has 1 aliphatic heterocycles. The van der Waals surface area contributed by atoms with Crippen LogP contribution in [-0.4, -0.2) is 39.9 Å². The van der Waals surface area contributed by atoms with Gasteiger partial charge >= 0.3 is 5.92 Å². The van der Waals surface area contributed by atoms with E-state index in [9.17, 15) is 28.0 Å². The van der Waals surface area contributed by atoms with Crippen LogP contribution in [-0.2, 0) is 33.4 Å². The zero-order valence-electron chi connectivity index (χ0n) is 17.3. The maximum Gasteiger partial charge on any atom is 0.366 e. The molecule has 0 saturated heterocycles. The van der Waals surface area contributed by atoms with Gasteiger partial charge in [0.15, 0.2) is 0 Å². The van der Waals surface area contributed by atoms with Crippen molar-refractivity contribution in [1.82, 2.24) is 15.2 Å². The molecule has 1 aromatic carbocycles. The van der Waals surface area contributed by atoms with Gasteiger partial charge in [0.05, 0.1) is 0 Å². The quantitative estimate of drug-likeness (QED) is 0.569. The van der Waals surface area contributed by atoms with Gasteiger partial charge in [0.1, 0.15) is 18.0 Å². The van der Waals surface area contributed by atoms with Gasteiger partial charge in [-0.15, -0.1) is 0 Å². The molecular weight excluding hydrogens is 422 g/mol. The number of amides is 3. The first-order valence-electron chi connectivity index (χ1n) is 9.90. The summed E-state index contributed by atoms with van der Waals surface area (Å²) in [5.74, 6) is -6.41. The number of hydrogen-bond acceptors (Lipinski definition) is 5. The van der Waals surface area contributed by atoms with Gasteiger partial charge < -0.3 is 20.7 Å². The molecule has 0 bridgehead atoms. The lowest BCUT2D eigenvalue weighted by Crippen LogP contribution is -2.44. The summed E-state index contributed by atoms with van der Waals surface area (Å²) >= 11 is 0. The van der Waals surface area contributed by atoms with Crippen LogP contribution in [0.1, 0.15) is 45.6 Å². The highest BCUT2D eigenvalue weighted by molar-refractivity contribution is 6.01. The highest BCUT2D eigenvalue weighted by atomic mass is 19.3. The predicted octanol–water partition coefficient (Wildman–Crippen LogP) is 1.59. The molecule has 8 nitrogen and oxygen atoms in total. The topological polar surface area (TPSA) is 122 Å². The van der Waals surface area contributed by atoms with E-state index in [2.05, 4.69) is 10.3 Å². The first-order chi connectivity index (χ1) is 15.1. The lowest BCUT2D eigenvalue weighted by Gasteiger charge is -2.24. The number of aldehydes is 1. The number of nitrogens with two attached hydrogens (primary N) is 1. The smallest absolute Gasteiger partial charge is 0.366 e. The molecule has 3 amide bonds. The summed E-state index contributed by atoms with van der Waals surface area (Å²) < 4.78 is 28.9. The Balaban J connectivity index is 1.70. The van der Waals surface area contributed by atoms with Crippen LogP contribution in [0.15, 0.2) is 36.5 Å². The van der Waals surface area contributed by atoms with Crippen molar-refractivity contribution >= 4 is 24.0 Å². The van der Waals surface area contributed by atoms with E-state index in [0.29, 0.717) is 28.5 Å². The van der Waals surface area contributed by atoms with Crippen molar-refractivity contribution in [3.05, 3.63) is 64.5 Å². The molecule has 0 fully saturated rings. The Hall–Kier alpha value is -3.69.